The zero-order valence-corrected chi connectivity index (χ0v) is 14.1. The van der Waals surface area contributed by atoms with Crippen molar-refractivity contribution in [1.29, 1.82) is 0 Å². The molecule has 8 nitrogen and oxygen atoms in total. The van der Waals surface area contributed by atoms with Gasteiger partial charge in [0.15, 0.2) is 0 Å². The van der Waals surface area contributed by atoms with Crippen LogP contribution in [0.4, 0.5) is 10.6 Å². The minimum atomic E-state index is -0.301. The van der Waals surface area contributed by atoms with Crippen molar-refractivity contribution in [2.24, 2.45) is 0 Å². The van der Waals surface area contributed by atoms with E-state index < -0.39 is 0 Å². The highest BCUT2D eigenvalue weighted by molar-refractivity contribution is 5.88. The van der Waals surface area contributed by atoms with Crippen molar-refractivity contribution in [3.8, 4) is 11.5 Å². The van der Waals surface area contributed by atoms with Gasteiger partial charge in [0, 0.05) is 30.6 Å². The van der Waals surface area contributed by atoms with Gasteiger partial charge in [0.25, 0.3) is 0 Å². The first-order valence-electron chi connectivity index (χ1n) is 8.09. The van der Waals surface area contributed by atoms with E-state index in [1.54, 1.807) is 16.9 Å². The first-order chi connectivity index (χ1) is 12.1. The number of nitrogens with zero attached hydrogens (tertiary/aromatic N) is 4. The second-order valence-electron chi connectivity index (χ2n) is 5.75. The molecule has 3 rings (SSSR count). The number of benzene rings is 1. The van der Waals surface area contributed by atoms with Crippen LogP contribution in [0.1, 0.15) is 25.8 Å². The maximum atomic E-state index is 12.0. The Hall–Kier alpha value is -3.16. The number of amides is 2. The minimum Gasteiger partial charge on any atom is -0.421 e. The highest BCUT2D eigenvalue weighted by atomic mass is 16.4. The van der Waals surface area contributed by atoms with E-state index in [-0.39, 0.29) is 12.1 Å². The quantitative estimate of drug-likeness (QED) is 0.719. The van der Waals surface area contributed by atoms with Gasteiger partial charge >= 0.3 is 6.03 Å². The number of carbonyl (C=O) groups excluding carboxylic acids is 1. The molecule has 1 aromatic carbocycles. The van der Waals surface area contributed by atoms with Gasteiger partial charge in [0.1, 0.15) is 5.82 Å². The minimum absolute atomic E-state index is 0.167. The molecule has 0 unspecified atom stereocenters. The fourth-order valence-corrected chi connectivity index (χ4v) is 2.32. The Morgan fingerprint density at radius 1 is 1.20 bits per heavy atom. The smallest absolute Gasteiger partial charge is 0.320 e. The van der Waals surface area contributed by atoms with Crippen LogP contribution in [0.15, 0.2) is 47.0 Å². The monoisotopic (exact) mass is 340 g/mol. The molecule has 0 fully saturated rings. The summed E-state index contributed by atoms with van der Waals surface area (Å²) in [7, 11) is 0. The molecule has 0 aliphatic carbocycles. The van der Waals surface area contributed by atoms with E-state index in [0.717, 1.165) is 5.56 Å². The van der Waals surface area contributed by atoms with E-state index >= 15 is 0 Å². The summed E-state index contributed by atoms with van der Waals surface area (Å²) in [4.78, 5) is 12.0. The van der Waals surface area contributed by atoms with Crippen LogP contribution in [0.5, 0.6) is 0 Å². The second kappa shape index (κ2) is 7.61. The molecule has 2 N–H and O–H groups in total. The first-order valence-corrected chi connectivity index (χ1v) is 8.09. The third-order valence-electron chi connectivity index (χ3n) is 3.51. The molecule has 2 amide bonds. The highest BCUT2D eigenvalue weighted by Gasteiger charge is 2.11. The largest absolute Gasteiger partial charge is 0.421 e. The van der Waals surface area contributed by atoms with Crippen LogP contribution in [-0.4, -0.2) is 32.6 Å². The van der Waals surface area contributed by atoms with Crippen LogP contribution in [-0.2, 0) is 6.42 Å². The van der Waals surface area contributed by atoms with Crippen molar-refractivity contribution in [1.82, 2.24) is 25.3 Å². The predicted molar refractivity (Wildman–Crippen MR) is 93.1 cm³/mol. The lowest BCUT2D eigenvalue weighted by Crippen LogP contribution is -2.31. The van der Waals surface area contributed by atoms with Gasteiger partial charge in [0.05, 0.1) is 6.20 Å². The maximum absolute atomic E-state index is 12.0. The van der Waals surface area contributed by atoms with Crippen molar-refractivity contribution in [3.63, 3.8) is 0 Å². The summed E-state index contributed by atoms with van der Waals surface area (Å²) in [6.45, 7) is 4.38. The van der Waals surface area contributed by atoms with E-state index in [0.29, 0.717) is 30.6 Å². The van der Waals surface area contributed by atoms with Crippen molar-refractivity contribution >= 4 is 11.8 Å². The molecule has 0 saturated heterocycles. The molecule has 2 heterocycles. The number of nitrogens with one attached hydrogen (secondary N) is 2. The molecule has 3 aromatic rings. The molecule has 0 bridgehead atoms. The van der Waals surface area contributed by atoms with Gasteiger partial charge in [-0.1, -0.05) is 18.2 Å². The molecular weight excluding hydrogens is 320 g/mol. The normalized spacial score (nSPS) is 10.8. The van der Waals surface area contributed by atoms with E-state index in [1.165, 1.54) is 0 Å². The first kappa shape index (κ1) is 16.7. The molecule has 0 aliphatic heterocycles. The number of hydrogen-bond donors (Lipinski definition) is 2. The second-order valence-corrected chi connectivity index (χ2v) is 5.75. The van der Waals surface area contributed by atoms with E-state index in [4.69, 9.17) is 4.42 Å². The van der Waals surface area contributed by atoms with E-state index in [1.807, 2.05) is 44.2 Å². The lowest BCUT2D eigenvalue weighted by Gasteiger charge is -2.12. The topological polar surface area (TPSA) is 97.9 Å². The number of aromatic nitrogens is 4. The summed E-state index contributed by atoms with van der Waals surface area (Å²) in [5, 5.41) is 17.7. The van der Waals surface area contributed by atoms with Crippen LogP contribution in [0.3, 0.4) is 0 Å². The zero-order chi connectivity index (χ0) is 17.6. The Bertz CT molecular complexity index is 825. The van der Waals surface area contributed by atoms with Gasteiger partial charge < -0.3 is 9.73 Å². The molecule has 130 valence electrons. The van der Waals surface area contributed by atoms with Crippen LogP contribution in [0, 0.1) is 0 Å². The molecule has 8 heteroatoms. The number of carbonyl (C=O) groups is 1. The Morgan fingerprint density at radius 3 is 2.76 bits per heavy atom. The highest BCUT2D eigenvalue weighted by Crippen LogP contribution is 2.17. The van der Waals surface area contributed by atoms with Crippen molar-refractivity contribution in [3.05, 3.63) is 48.5 Å². The lowest BCUT2D eigenvalue weighted by molar-refractivity contribution is 0.251. The maximum Gasteiger partial charge on any atom is 0.320 e. The SMILES string of the molecule is CC(C)n1nccc1NC(=O)NCCc1nnc(-c2ccccc2)o1. The third kappa shape index (κ3) is 4.23. The third-order valence-corrected chi connectivity index (χ3v) is 3.51. The van der Waals surface area contributed by atoms with Gasteiger partial charge in [-0.05, 0) is 26.0 Å². The summed E-state index contributed by atoms with van der Waals surface area (Å²) in [6, 6.07) is 11.2. The van der Waals surface area contributed by atoms with Gasteiger partial charge in [-0.3, -0.25) is 5.32 Å². The van der Waals surface area contributed by atoms with Crippen molar-refractivity contribution < 1.29 is 9.21 Å². The van der Waals surface area contributed by atoms with Crippen molar-refractivity contribution in [2.75, 3.05) is 11.9 Å². The Labute approximate surface area is 145 Å². The zero-order valence-electron chi connectivity index (χ0n) is 14.1. The van der Waals surface area contributed by atoms with Crippen LogP contribution >= 0.6 is 0 Å². The summed E-state index contributed by atoms with van der Waals surface area (Å²) < 4.78 is 7.34. The molecule has 25 heavy (non-hydrogen) atoms. The predicted octanol–water partition coefficient (Wildman–Crippen LogP) is 2.88. The Balaban J connectivity index is 1.49. The van der Waals surface area contributed by atoms with Gasteiger partial charge in [-0.15, -0.1) is 10.2 Å². The number of rotatable bonds is 6. The summed E-state index contributed by atoms with van der Waals surface area (Å²) in [6.07, 6.45) is 2.11. The fourth-order valence-electron chi connectivity index (χ4n) is 2.32. The number of hydrogen-bond acceptors (Lipinski definition) is 5. The summed E-state index contributed by atoms with van der Waals surface area (Å²) in [5.41, 5.74) is 0.869. The van der Waals surface area contributed by atoms with Gasteiger partial charge in [0.2, 0.25) is 11.8 Å². The molecule has 2 aromatic heterocycles. The fraction of sp³-hybridized carbons (Fsp3) is 0.294. The van der Waals surface area contributed by atoms with Crippen LogP contribution in [0.25, 0.3) is 11.5 Å². The summed E-state index contributed by atoms with van der Waals surface area (Å²) >= 11 is 0. The standard InChI is InChI=1S/C17H20N6O2/c1-12(2)23-14(8-11-19-23)20-17(24)18-10-9-15-21-22-16(25-15)13-6-4-3-5-7-13/h3-8,11-12H,9-10H2,1-2H3,(H2,18,20,24). The van der Waals surface area contributed by atoms with Crippen molar-refractivity contribution in [2.45, 2.75) is 26.3 Å². The average Bonchev–Trinajstić information content (AvgIpc) is 3.25. The van der Waals surface area contributed by atoms with Gasteiger partial charge in [-0.2, -0.15) is 5.10 Å². The molecule has 0 saturated carbocycles. The lowest BCUT2D eigenvalue weighted by atomic mass is 10.2. The van der Waals surface area contributed by atoms with E-state index in [2.05, 4.69) is 25.9 Å². The van der Waals surface area contributed by atoms with E-state index in [9.17, 15) is 4.79 Å². The number of anilines is 1. The molecule has 0 spiro atoms. The van der Waals surface area contributed by atoms with Gasteiger partial charge in [-0.25, -0.2) is 9.48 Å². The molecular formula is C17H20N6O2. The molecule has 0 aliphatic rings. The summed E-state index contributed by atoms with van der Waals surface area (Å²) in [5.74, 6) is 1.60. The Kier molecular flexibility index (Phi) is 5.08. The Morgan fingerprint density at radius 2 is 2.00 bits per heavy atom. The molecule has 0 atom stereocenters. The van der Waals surface area contributed by atoms with Crippen LogP contribution < -0.4 is 10.6 Å². The molecule has 0 radical (unpaired) electrons. The van der Waals surface area contributed by atoms with Crippen LogP contribution in [0.2, 0.25) is 0 Å². The average molecular weight is 340 g/mol. The number of urea groups is 1.